The van der Waals surface area contributed by atoms with Gasteiger partial charge in [-0.2, -0.15) is 5.26 Å². The summed E-state index contributed by atoms with van der Waals surface area (Å²) in [7, 11) is 1.59. The molecule has 4 rings (SSSR count). The number of anilines is 1. The molecule has 1 unspecified atom stereocenters. The average molecular weight is 393 g/mol. The second-order valence-electron chi connectivity index (χ2n) is 6.57. The highest BCUT2D eigenvalue weighted by molar-refractivity contribution is 8.00. The van der Waals surface area contributed by atoms with Crippen LogP contribution < -0.4 is 10.1 Å². The third-order valence-corrected chi connectivity index (χ3v) is 6.02. The van der Waals surface area contributed by atoms with Gasteiger partial charge in [0.05, 0.1) is 13.2 Å². The smallest absolute Gasteiger partial charge is 0.234 e. The molecule has 0 radical (unpaired) electrons. The van der Waals surface area contributed by atoms with Gasteiger partial charge in [-0.25, -0.2) is 4.98 Å². The summed E-state index contributed by atoms with van der Waals surface area (Å²) in [4.78, 5) is 4.54. The lowest BCUT2D eigenvalue weighted by molar-refractivity contribution is -0.0834. The molecule has 7 heteroatoms. The first-order valence-corrected chi connectivity index (χ1v) is 9.84. The Kier molecular flexibility index (Phi) is 4.85. The lowest BCUT2D eigenvalue weighted by atomic mass is 9.96. The number of nitrogens with one attached hydrogen (secondary N) is 1. The van der Waals surface area contributed by atoms with Crippen molar-refractivity contribution < 1.29 is 14.9 Å². The first-order valence-electron chi connectivity index (χ1n) is 8.86. The van der Waals surface area contributed by atoms with E-state index in [1.165, 1.54) is 0 Å². The van der Waals surface area contributed by atoms with E-state index in [0.29, 0.717) is 23.7 Å². The Morgan fingerprint density at radius 2 is 2.00 bits per heavy atom. The number of pyridine rings is 1. The molecule has 1 aliphatic rings. The van der Waals surface area contributed by atoms with Gasteiger partial charge in [0.1, 0.15) is 17.6 Å². The average Bonchev–Trinajstić information content (AvgIpc) is 3.05. The van der Waals surface area contributed by atoms with E-state index in [1.54, 1.807) is 7.11 Å². The monoisotopic (exact) mass is 393 g/mol. The largest absolute Gasteiger partial charge is 0.497 e. The summed E-state index contributed by atoms with van der Waals surface area (Å²) in [5.41, 5.74) is 1.87. The summed E-state index contributed by atoms with van der Waals surface area (Å²) in [5.74, 6) is 1.75. The van der Waals surface area contributed by atoms with Gasteiger partial charge in [0, 0.05) is 16.7 Å². The van der Waals surface area contributed by atoms with Crippen molar-refractivity contribution in [2.45, 2.75) is 17.6 Å². The molecule has 1 atom stereocenters. The summed E-state index contributed by atoms with van der Waals surface area (Å²) in [5, 5.41) is 33.0. The molecule has 3 aromatic rings. The van der Waals surface area contributed by atoms with Crippen LogP contribution in [-0.2, 0) is 0 Å². The van der Waals surface area contributed by atoms with Crippen LogP contribution in [0.5, 0.6) is 5.75 Å². The number of rotatable bonds is 4. The van der Waals surface area contributed by atoms with Crippen LogP contribution in [0.25, 0.3) is 21.9 Å². The number of nitrogens with zero attached hydrogens (tertiary/aromatic N) is 2. The topological polar surface area (TPSA) is 98.4 Å². The fraction of sp³-hybridized carbons (Fsp3) is 0.238. The van der Waals surface area contributed by atoms with Crippen LogP contribution in [0, 0.1) is 11.3 Å². The minimum absolute atomic E-state index is 0.265. The molecular formula is C21H19N3O3S. The Hall–Kier alpha value is -2.79. The van der Waals surface area contributed by atoms with E-state index in [0.717, 1.165) is 33.7 Å². The molecule has 1 fully saturated rings. The van der Waals surface area contributed by atoms with Crippen molar-refractivity contribution >= 4 is 28.4 Å². The first kappa shape index (κ1) is 18.6. The van der Waals surface area contributed by atoms with Crippen LogP contribution in [0.1, 0.15) is 12.1 Å². The Labute approximate surface area is 166 Å². The number of fused-ring (bicyclic) bond motifs is 1. The van der Waals surface area contributed by atoms with Crippen molar-refractivity contribution in [3.8, 4) is 22.9 Å². The van der Waals surface area contributed by atoms with Crippen LogP contribution in [0.2, 0.25) is 0 Å². The summed E-state index contributed by atoms with van der Waals surface area (Å²) < 4.78 is 5.39. The zero-order valence-electron chi connectivity index (χ0n) is 15.2. The third-order valence-electron chi connectivity index (χ3n) is 4.87. The molecule has 1 saturated heterocycles. The van der Waals surface area contributed by atoms with Crippen LogP contribution in [-0.4, -0.2) is 39.2 Å². The second kappa shape index (κ2) is 7.32. The van der Waals surface area contributed by atoms with Gasteiger partial charge in [-0.15, -0.1) is 0 Å². The zero-order chi connectivity index (χ0) is 19.7. The predicted octanol–water partition coefficient (Wildman–Crippen LogP) is 3.34. The summed E-state index contributed by atoms with van der Waals surface area (Å²) in [6, 6.07) is 16.8. The molecule has 2 aromatic carbocycles. The van der Waals surface area contributed by atoms with E-state index in [-0.39, 0.29) is 5.69 Å². The molecule has 28 heavy (non-hydrogen) atoms. The minimum atomic E-state index is -1.87. The molecule has 0 bridgehead atoms. The van der Waals surface area contributed by atoms with E-state index < -0.39 is 11.2 Å². The van der Waals surface area contributed by atoms with Crippen molar-refractivity contribution in [2.24, 2.45) is 0 Å². The highest BCUT2D eigenvalue weighted by Gasteiger charge is 2.41. The van der Waals surface area contributed by atoms with E-state index in [9.17, 15) is 15.5 Å². The summed E-state index contributed by atoms with van der Waals surface area (Å²) >= 11 is 1.08. The molecule has 0 saturated carbocycles. The maximum absolute atomic E-state index is 10.2. The number of hydrogen-bond acceptors (Lipinski definition) is 7. The van der Waals surface area contributed by atoms with E-state index in [4.69, 9.17) is 4.74 Å². The number of hydrogen-bond donors (Lipinski definition) is 3. The van der Waals surface area contributed by atoms with Crippen molar-refractivity contribution in [1.82, 2.24) is 4.98 Å². The minimum Gasteiger partial charge on any atom is -0.497 e. The molecule has 6 nitrogen and oxygen atoms in total. The van der Waals surface area contributed by atoms with Crippen LogP contribution in [0.3, 0.4) is 0 Å². The molecular weight excluding hydrogens is 374 g/mol. The number of benzene rings is 2. The van der Waals surface area contributed by atoms with Crippen LogP contribution in [0.15, 0.2) is 48.5 Å². The van der Waals surface area contributed by atoms with Gasteiger partial charge in [-0.1, -0.05) is 42.1 Å². The number of nitriles is 1. The van der Waals surface area contributed by atoms with Gasteiger partial charge in [0.2, 0.25) is 5.12 Å². The fourth-order valence-corrected chi connectivity index (χ4v) is 4.49. The molecule has 1 aromatic heterocycles. The number of aromatic nitrogens is 1. The van der Waals surface area contributed by atoms with E-state index in [2.05, 4.69) is 16.4 Å². The quantitative estimate of drug-likeness (QED) is 0.585. The molecule has 0 amide bonds. The van der Waals surface area contributed by atoms with Gasteiger partial charge in [0.25, 0.3) is 0 Å². The Morgan fingerprint density at radius 1 is 1.21 bits per heavy atom. The molecule has 2 heterocycles. The van der Waals surface area contributed by atoms with Crippen molar-refractivity contribution in [1.29, 1.82) is 5.26 Å². The Balaban J connectivity index is 1.94. The lowest BCUT2D eigenvalue weighted by Gasteiger charge is -2.25. The highest BCUT2D eigenvalue weighted by Crippen LogP contribution is 2.39. The summed E-state index contributed by atoms with van der Waals surface area (Å²) in [6.07, 6.45) is 0.583. The predicted molar refractivity (Wildman–Crippen MR) is 110 cm³/mol. The van der Waals surface area contributed by atoms with Gasteiger partial charge in [0.15, 0.2) is 5.69 Å². The Bertz CT molecular complexity index is 1060. The van der Waals surface area contributed by atoms with Crippen LogP contribution >= 0.6 is 11.8 Å². The number of methoxy groups -OCH3 is 1. The van der Waals surface area contributed by atoms with Crippen molar-refractivity contribution in [2.75, 3.05) is 18.2 Å². The van der Waals surface area contributed by atoms with Crippen molar-refractivity contribution in [3.63, 3.8) is 0 Å². The Morgan fingerprint density at radius 3 is 2.64 bits per heavy atom. The zero-order valence-corrected chi connectivity index (χ0v) is 16.0. The van der Waals surface area contributed by atoms with Gasteiger partial charge in [-0.05, 0) is 35.6 Å². The maximum atomic E-state index is 10.2. The molecule has 0 spiro atoms. The highest BCUT2D eigenvalue weighted by atomic mass is 32.2. The molecule has 0 aliphatic carbocycles. The number of thioether (sulfide) groups is 1. The SMILES string of the molecule is COc1ccc2c(NC3CCSC3(O)O)nc(C#N)c(-c3ccccc3)c2c1. The van der Waals surface area contributed by atoms with E-state index >= 15 is 0 Å². The second-order valence-corrected chi connectivity index (χ2v) is 7.86. The molecule has 142 valence electrons. The van der Waals surface area contributed by atoms with Crippen molar-refractivity contribution in [3.05, 3.63) is 54.2 Å². The number of ether oxygens (including phenoxy) is 1. The number of aliphatic hydroxyl groups is 2. The third kappa shape index (κ3) is 3.27. The van der Waals surface area contributed by atoms with Gasteiger partial charge in [-0.3, -0.25) is 0 Å². The van der Waals surface area contributed by atoms with E-state index in [1.807, 2.05) is 48.5 Å². The standard InChI is InChI=1S/C21H19N3O3S/c1-27-14-7-8-15-16(11-14)19(13-5-3-2-4-6-13)17(12-22)23-20(15)24-18-9-10-28-21(18,25)26/h2-8,11,18,25-26H,9-10H2,1H3,(H,23,24). The normalized spacial score (nSPS) is 18.0. The first-order chi connectivity index (χ1) is 13.5. The van der Waals surface area contributed by atoms with Gasteiger partial charge >= 0.3 is 0 Å². The maximum Gasteiger partial charge on any atom is 0.234 e. The lowest BCUT2D eigenvalue weighted by Crippen LogP contribution is -2.40. The van der Waals surface area contributed by atoms with Crippen LogP contribution in [0.4, 0.5) is 5.82 Å². The molecule has 3 N–H and O–H groups in total. The summed E-state index contributed by atoms with van der Waals surface area (Å²) in [6.45, 7) is 0. The molecule has 1 aliphatic heterocycles. The fourth-order valence-electron chi connectivity index (χ4n) is 3.45. The van der Waals surface area contributed by atoms with Gasteiger partial charge < -0.3 is 20.3 Å².